The number of nitrogens with one attached hydrogen (secondary N) is 1. The van der Waals surface area contributed by atoms with Gasteiger partial charge in [-0.3, -0.25) is 9.59 Å². The molecule has 0 spiro atoms. The van der Waals surface area contributed by atoms with Crippen LogP contribution in [0, 0.1) is 0 Å². The molecule has 1 heterocycles. The Balaban J connectivity index is 1.82. The second-order valence-corrected chi connectivity index (χ2v) is 7.62. The van der Waals surface area contributed by atoms with Crippen LogP contribution in [0.25, 0.3) is 0 Å². The summed E-state index contributed by atoms with van der Waals surface area (Å²) in [5.41, 5.74) is 1.90. The first-order valence-corrected chi connectivity index (χ1v) is 9.48. The number of rotatable bonds is 5. The molecule has 2 aromatic rings. The predicted molar refractivity (Wildman–Crippen MR) is 110 cm³/mol. The van der Waals surface area contributed by atoms with E-state index >= 15 is 0 Å². The first kappa shape index (κ1) is 19.4. The van der Waals surface area contributed by atoms with Gasteiger partial charge >= 0.3 is 0 Å². The zero-order chi connectivity index (χ0) is 19.6. The Hall–Kier alpha value is -2.38. The summed E-state index contributed by atoms with van der Waals surface area (Å²) >= 11 is 3.37. The van der Waals surface area contributed by atoms with Crippen LogP contribution in [0.1, 0.15) is 17.3 Å². The van der Waals surface area contributed by atoms with Crippen LogP contribution in [0.15, 0.2) is 46.9 Å². The summed E-state index contributed by atoms with van der Waals surface area (Å²) in [5.74, 6) is 0.323. The molecule has 0 radical (unpaired) electrons. The van der Waals surface area contributed by atoms with Crippen molar-refractivity contribution in [1.29, 1.82) is 0 Å². The molecule has 0 saturated heterocycles. The second-order valence-electron chi connectivity index (χ2n) is 6.70. The van der Waals surface area contributed by atoms with Crippen molar-refractivity contribution in [3.63, 3.8) is 0 Å². The van der Waals surface area contributed by atoms with Gasteiger partial charge in [0.2, 0.25) is 0 Å². The molecule has 27 heavy (non-hydrogen) atoms. The van der Waals surface area contributed by atoms with Gasteiger partial charge in [-0.15, -0.1) is 0 Å². The zero-order valence-electron chi connectivity index (χ0n) is 15.5. The first-order valence-electron chi connectivity index (χ1n) is 8.69. The average molecular weight is 432 g/mol. The number of carbonyl (C=O) groups is 2. The summed E-state index contributed by atoms with van der Waals surface area (Å²) in [6.07, 6.45) is -0.560. The quantitative estimate of drug-likeness (QED) is 0.787. The van der Waals surface area contributed by atoms with Crippen LogP contribution in [0.2, 0.25) is 0 Å². The minimum Gasteiger partial charge on any atom is -0.479 e. The smallest absolute Gasteiger partial charge is 0.267 e. The Morgan fingerprint density at radius 1 is 1.26 bits per heavy atom. The Labute approximate surface area is 167 Å². The fourth-order valence-corrected chi connectivity index (χ4v) is 3.25. The molecule has 7 heteroatoms. The normalized spacial score (nSPS) is 16.1. The lowest BCUT2D eigenvalue weighted by Gasteiger charge is -2.34. The van der Waals surface area contributed by atoms with Crippen molar-refractivity contribution in [3.05, 3.63) is 52.5 Å². The predicted octanol–water partition coefficient (Wildman–Crippen LogP) is 3.38. The van der Waals surface area contributed by atoms with E-state index in [1.165, 1.54) is 0 Å². The van der Waals surface area contributed by atoms with Gasteiger partial charge in [-0.05, 0) is 51.4 Å². The summed E-state index contributed by atoms with van der Waals surface area (Å²) in [6.45, 7) is 3.07. The Morgan fingerprint density at radius 2 is 2.04 bits per heavy atom. The maximum Gasteiger partial charge on any atom is 0.267 e. The number of nitrogens with zero attached hydrogens (tertiary/aromatic N) is 2. The molecule has 3 rings (SSSR count). The molecular weight excluding hydrogens is 410 g/mol. The van der Waals surface area contributed by atoms with Crippen molar-refractivity contribution < 1.29 is 14.3 Å². The van der Waals surface area contributed by atoms with Gasteiger partial charge in [0.25, 0.3) is 11.8 Å². The second kappa shape index (κ2) is 8.10. The molecule has 1 unspecified atom stereocenters. The van der Waals surface area contributed by atoms with Gasteiger partial charge in [-0.25, -0.2) is 0 Å². The van der Waals surface area contributed by atoms with E-state index in [9.17, 15) is 9.59 Å². The number of carbonyl (C=O) groups excluding carboxylic acids is 2. The van der Waals surface area contributed by atoms with E-state index in [1.54, 1.807) is 36.1 Å². The molecule has 142 valence electrons. The van der Waals surface area contributed by atoms with Crippen molar-refractivity contribution in [2.24, 2.45) is 0 Å². The summed E-state index contributed by atoms with van der Waals surface area (Å²) in [4.78, 5) is 28.7. The molecule has 1 atom stereocenters. The maximum absolute atomic E-state index is 12.5. The molecule has 0 aromatic heterocycles. The highest BCUT2D eigenvalue weighted by Gasteiger charge is 2.31. The highest BCUT2D eigenvalue weighted by atomic mass is 79.9. The van der Waals surface area contributed by atoms with Gasteiger partial charge in [0.15, 0.2) is 6.10 Å². The fourth-order valence-electron chi connectivity index (χ4n) is 2.85. The summed E-state index contributed by atoms with van der Waals surface area (Å²) in [6, 6.07) is 12.5. The third kappa shape index (κ3) is 4.48. The summed E-state index contributed by atoms with van der Waals surface area (Å²) in [7, 11) is 3.94. The van der Waals surface area contributed by atoms with E-state index in [0.29, 0.717) is 23.5 Å². The number of hydrogen-bond acceptors (Lipinski definition) is 4. The van der Waals surface area contributed by atoms with Gasteiger partial charge in [-0.2, -0.15) is 0 Å². The molecule has 0 aliphatic carbocycles. The van der Waals surface area contributed by atoms with Gasteiger partial charge in [0.1, 0.15) is 5.75 Å². The number of ether oxygens (including phenoxy) is 1. The van der Waals surface area contributed by atoms with Crippen molar-refractivity contribution in [2.75, 3.05) is 37.4 Å². The third-order valence-electron chi connectivity index (χ3n) is 4.28. The molecule has 2 amide bonds. The topological polar surface area (TPSA) is 61.9 Å². The minimum absolute atomic E-state index is 0.0599. The van der Waals surface area contributed by atoms with E-state index in [2.05, 4.69) is 21.2 Å². The lowest BCUT2D eigenvalue weighted by molar-refractivity contribution is -0.125. The lowest BCUT2D eigenvalue weighted by atomic mass is 10.1. The molecule has 2 aromatic carbocycles. The number of hydrogen-bond donors (Lipinski definition) is 1. The number of benzene rings is 2. The van der Waals surface area contributed by atoms with Crippen molar-refractivity contribution >= 4 is 39.1 Å². The molecule has 0 bridgehead atoms. The number of likely N-dealkylation sites (N-methyl/N-ethyl adjacent to an activating group) is 1. The van der Waals surface area contributed by atoms with Gasteiger partial charge in [0.05, 0.1) is 5.69 Å². The van der Waals surface area contributed by atoms with Gasteiger partial charge in [0, 0.05) is 34.9 Å². The molecule has 6 nitrogen and oxygen atoms in total. The van der Waals surface area contributed by atoms with E-state index in [1.807, 2.05) is 37.2 Å². The molecular formula is C20H22BrN3O3. The highest BCUT2D eigenvalue weighted by Crippen LogP contribution is 2.36. The largest absolute Gasteiger partial charge is 0.479 e. The Kier molecular flexibility index (Phi) is 5.82. The van der Waals surface area contributed by atoms with Crippen molar-refractivity contribution in [1.82, 2.24) is 4.90 Å². The minimum atomic E-state index is -0.560. The van der Waals surface area contributed by atoms with E-state index in [4.69, 9.17) is 4.74 Å². The Morgan fingerprint density at radius 3 is 2.74 bits per heavy atom. The molecule has 0 fully saturated rings. The third-order valence-corrected chi connectivity index (χ3v) is 4.78. The van der Waals surface area contributed by atoms with Crippen LogP contribution >= 0.6 is 15.9 Å². The number of halogens is 1. The van der Waals surface area contributed by atoms with E-state index < -0.39 is 6.10 Å². The first-order chi connectivity index (χ1) is 12.8. The zero-order valence-corrected chi connectivity index (χ0v) is 17.1. The van der Waals surface area contributed by atoms with E-state index in [-0.39, 0.29) is 11.8 Å². The number of amides is 2. The SMILES string of the molecule is CC1Oc2cc(NC(=O)c3cccc(Br)c3)ccc2N(CCN(C)C)C1=O. The molecule has 1 aliphatic heterocycles. The number of fused-ring (bicyclic) bond motifs is 1. The van der Waals surface area contributed by atoms with Crippen molar-refractivity contribution in [2.45, 2.75) is 13.0 Å². The van der Waals surface area contributed by atoms with Crippen LogP contribution in [0.3, 0.4) is 0 Å². The van der Waals surface area contributed by atoms with Crippen LogP contribution in [-0.4, -0.2) is 50.0 Å². The average Bonchev–Trinajstić information content (AvgIpc) is 2.62. The summed E-state index contributed by atoms with van der Waals surface area (Å²) < 4.78 is 6.61. The Bertz CT molecular complexity index is 869. The summed E-state index contributed by atoms with van der Waals surface area (Å²) in [5, 5.41) is 2.88. The van der Waals surface area contributed by atoms with Crippen LogP contribution in [0.4, 0.5) is 11.4 Å². The van der Waals surface area contributed by atoms with Gasteiger partial charge in [-0.1, -0.05) is 22.0 Å². The number of anilines is 2. The highest BCUT2D eigenvalue weighted by molar-refractivity contribution is 9.10. The fraction of sp³-hybridized carbons (Fsp3) is 0.300. The van der Waals surface area contributed by atoms with Gasteiger partial charge < -0.3 is 19.9 Å². The van der Waals surface area contributed by atoms with Crippen LogP contribution in [-0.2, 0) is 4.79 Å². The van der Waals surface area contributed by atoms with Crippen LogP contribution in [0.5, 0.6) is 5.75 Å². The monoisotopic (exact) mass is 431 g/mol. The molecule has 0 saturated carbocycles. The maximum atomic E-state index is 12.5. The van der Waals surface area contributed by atoms with E-state index in [0.717, 1.165) is 16.7 Å². The lowest BCUT2D eigenvalue weighted by Crippen LogP contribution is -2.46. The van der Waals surface area contributed by atoms with Crippen molar-refractivity contribution in [3.8, 4) is 5.75 Å². The molecule has 1 N–H and O–H groups in total. The molecule has 1 aliphatic rings. The van der Waals surface area contributed by atoms with Crippen LogP contribution < -0.4 is 15.0 Å². The standard InChI is InChI=1S/C20H22BrN3O3/c1-13-20(26)24(10-9-23(2)3)17-8-7-16(12-18(17)27-13)22-19(25)14-5-4-6-15(21)11-14/h4-8,11-13H,9-10H2,1-3H3,(H,22,25).